The van der Waals surface area contributed by atoms with Crippen molar-refractivity contribution >= 4 is 11.8 Å². The average molecular weight is 268 g/mol. The fourth-order valence-electron chi connectivity index (χ4n) is 2.82. The topological polar surface area (TPSA) is 87.5 Å². The summed E-state index contributed by atoms with van der Waals surface area (Å²) in [5, 5.41) is 6.60. The van der Waals surface area contributed by atoms with E-state index in [0.717, 1.165) is 32.5 Å². The summed E-state index contributed by atoms with van der Waals surface area (Å²) in [7, 11) is 0. The van der Waals surface area contributed by atoms with Gasteiger partial charge in [0.05, 0.1) is 6.04 Å². The molecule has 4 N–H and O–H groups in total. The highest BCUT2D eigenvalue weighted by atomic mass is 16.2. The number of rotatable bonds is 3. The van der Waals surface area contributed by atoms with Gasteiger partial charge in [-0.25, -0.2) is 0 Å². The molecule has 2 saturated heterocycles. The molecule has 19 heavy (non-hydrogen) atoms. The van der Waals surface area contributed by atoms with Crippen LogP contribution in [-0.4, -0.2) is 55.0 Å². The summed E-state index contributed by atoms with van der Waals surface area (Å²) >= 11 is 0. The van der Waals surface area contributed by atoms with E-state index in [9.17, 15) is 9.59 Å². The Morgan fingerprint density at radius 2 is 1.89 bits per heavy atom. The highest BCUT2D eigenvalue weighted by molar-refractivity contribution is 5.82. The number of likely N-dealkylation sites (tertiary alicyclic amines) is 1. The molecule has 0 radical (unpaired) electrons. The summed E-state index contributed by atoms with van der Waals surface area (Å²) < 4.78 is 0. The van der Waals surface area contributed by atoms with E-state index in [1.165, 1.54) is 0 Å². The molecule has 2 heterocycles. The Kier molecular flexibility index (Phi) is 4.76. The number of carbonyl (C=O) groups excluding carboxylic acids is 2. The molecule has 0 aromatic carbocycles. The predicted molar refractivity (Wildman–Crippen MR) is 72.4 cm³/mol. The Morgan fingerprint density at radius 1 is 1.21 bits per heavy atom. The highest BCUT2D eigenvalue weighted by Gasteiger charge is 2.30. The third-order valence-corrected chi connectivity index (χ3v) is 4.06. The van der Waals surface area contributed by atoms with Gasteiger partial charge in [-0.15, -0.1) is 0 Å². The second-order valence-electron chi connectivity index (χ2n) is 5.71. The summed E-state index contributed by atoms with van der Waals surface area (Å²) in [6, 6.07) is 0.314. The van der Waals surface area contributed by atoms with Gasteiger partial charge < -0.3 is 21.3 Å². The fraction of sp³-hybridized carbons (Fsp3) is 0.846. The number of amides is 2. The van der Waals surface area contributed by atoms with Gasteiger partial charge in [-0.3, -0.25) is 9.59 Å². The first-order valence-electron chi connectivity index (χ1n) is 7.10. The van der Waals surface area contributed by atoms with E-state index < -0.39 is 0 Å². The van der Waals surface area contributed by atoms with E-state index in [-0.39, 0.29) is 17.9 Å². The number of hydrogen-bond acceptors (Lipinski definition) is 4. The number of primary amides is 1. The Balaban J connectivity index is 1.77. The zero-order valence-electron chi connectivity index (χ0n) is 11.5. The maximum atomic E-state index is 12.3. The molecule has 0 saturated carbocycles. The molecule has 2 amide bonds. The zero-order chi connectivity index (χ0) is 13.8. The van der Waals surface area contributed by atoms with Crippen LogP contribution in [0, 0.1) is 5.92 Å². The van der Waals surface area contributed by atoms with Crippen molar-refractivity contribution in [2.24, 2.45) is 11.7 Å². The van der Waals surface area contributed by atoms with Crippen LogP contribution in [0.2, 0.25) is 0 Å². The molecule has 0 bridgehead atoms. The van der Waals surface area contributed by atoms with Crippen LogP contribution < -0.4 is 16.4 Å². The van der Waals surface area contributed by atoms with Crippen LogP contribution in [-0.2, 0) is 9.59 Å². The van der Waals surface area contributed by atoms with E-state index in [0.29, 0.717) is 24.9 Å². The molecular formula is C13H24N4O2. The third kappa shape index (κ3) is 3.91. The molecule has 2 aliphatic rings. The number of piperidine rings is 1. The first-order valence-corrected chi connectivity index (χ1v) is 7.10. The minimum atomic E-state index is -0.239. The van der Waals surface area contributed by atoms with Crippen molar-refractivity contribution in [1.82, 2.24) is 15.5 Å². The molecule has 2 rings (SSSR count). The summed E-state index contributed by atoms with van der Waals surface area (Å²) in [4.78, 5) is 25.1. The largest absolute Gasteiger partial charge is 0.370 e. The Morgan fingerprint density at radius 3 is 2.42 bits per heavy atom. The fourth-order valence-corrected chi connectivity index (χ4v) is 2.82. The van der Waals surface area contributed by atoms with Crippen LogP contribution in [0.3, 0.4) is 0 Å². The van der Waals surface area contributed by atoms with Gasteiger partial charge in [0.1, 0.15) is 0 Å². The summed E-state index contributed by atoms with van der Waals surface area (Å²) in [6.45, 7) is 5.10. The number of hydrogen-bond donors (Lipinski definition) is 3. The van der Waals surface area contributed by atoms with Gasteiger partial charge in [-0.05, 0) is 25.7 Å². The minimum Gasteiger partial charge on any atom is -0.370 e. The second kappa shape index (κ2) is 6.34. The molecule has 0 aromatic heterocycles. The lowest BCUT2D eigenvalue weighted by Gasteiger charge is -2.36. The number of nitrogens with one attached hydrogen (secondary N) is 2. The number of carbonyl (C=O) groups is 2. The first kappa shape index (κ1) is 14.3. The lowest BCUT2D eigenvalue weighted by Crippen LogP contribution is -2.60. The van der Waals surface area contributed by atoms with Gasteiger partial charge in [-0.2, -0.15) is 0 Å². The van der Waals surface area contributed by atoms with Crippen molar-refractivity contribution in [3.8, 4) is 0 Å². The number of nitrogens with zero attached hydrogens (tertiary/aromatic N) is 1. The molecule has 2 aliphatic heterocycles. The lowest BCUT2D eigenvalue weighted by atomic mass is 9.93. The second-order valence-corrected chi connectivity index (χ2v) is 5.71. The molecule has 6 nitrogen and oxygen atoms in total. The van der Waals surface area contributed by atoms with Gasteiger partial charge in [-0.1, -0.05) is 0 Å². The third-order valence-electron chi connectivity index (χ3n) is 4.06. The normalized spacial score (nSPS) is 29.2. The van der Waals surface area contributed by atoms with Crippen LogP contribution in [0.15, 0.2) is 0 Å². The zero-order valence-corrected chi connectivity index (χ0v) is 11.5. The molecule has 0 aromatic rings. The number of nitrogens with two attached hydrogens (primary N) is 1. The molecular weight excluding hydrogens is 244 g/mol. The van der Waals surface area contributed by atoms with E-state index >= 15 is 0 Å². The van der Waals surface area contributed by atoms with Crippen molar-refractivity contribution in [1.29, 1.82) is 0 Å². The van der Waals surface area contributed by atoms with Gasteiger partial charge in [0.25, 0.3) is 0 Å². The molecule has 2 unspecified atom stereocenters. The molecule has 0 aliphatic carbocycles. The SMILES string of the molecule is CC1CNC(C(=O)N2CCC(CC(N)=O)CC2)CN1. The summed E-state index contributed by atoms with van der Waals surface area (Å²) in [5.74, 6) is 0.285. The average Bonchev–Trinajstić information content (AvgIpc) is 2.39. The van der Waals surface area contributed by atoms with Crippen molar-refractivity contribution in [2.45, 2.75) is 38.3 Å². The smallest absolute Gasteiger partial charge is 0.241 e. The van der Waals surface area contributed by atoms with Crippen molar-refractivity contribution in [3.05, 3.63) is 0 Å². The predicted octanol–water partition coefficient (Wildman–Crippen LogP) is -0.950. The van der Waals surface area contributed by atoms with Crippen molar-refractivity contribution < 1.29 is 9.59 Å². The maximum absolute atomic E-state index is 12.3. The first-order chi connectivity index (χ1) is 9.06. The van der Waals surface area contributed by atoms with Gasteiger partial charge in [0, 0.05) is 38.6 Å². The Labute approximate surface area is 114 Å². The number of piperazine rings is 1. The van der Waals surface area contributed by atoms with E-state index in [4.69, 9.17) is 5.73 Å². The Bertz CT molecular complexity index is 332. The van der Waals surface area contributed by atoms with Crippen LogP contribution in [0.5, 0.6) is 0 Å². The minimum absolute atomic E-state index is 0.108. The van der Waals surface area contributed by atoms with Gasteiger partial charge in [0.2, 0.25) is 11.8 Å². The summed E-state index contributed by atoms with van der Waals surface area (Å²) in [5.41, 5.74) is 5.21. The monoisotopic (exact) mass is 268 g/mol. The van der Waals surface area contributed by atoms with E-state index in [1.807, 2.05) is 4.90 Å². The van der Waals surface area contributed by atoms with E-state index in [2.05, 4.69) is 17.6 Å². The molecule has 2 fully saturated rings. The quantitative estimate of drug-likeness (QED) is 0.616. The molecule has 0 spiro atoms. The maximum Gasteiger partial charge on any atom is 0.241 e. The standard InChI is InChI=1S/C13H24N4O2/c1-9-7-16-11(8-15-9)13(19)17-4-2-10(3-5-17)6-12(14)18/h9-11,15-16H,2-8H2,1H3,(H2,14,18). The highest BCUT2D eigenvalue weighted by Crippen LogP contribution is 2.20. The summed E-state index contributed by atoms with van der Waals surface area (Å²) in [6.07, 6.45) is 2.21. The van der Waals surface area contributed by atoms with Crippen molar-refractivity contribution in [2.75, 3.05) is 26.2 Å². The van der Waals surface area contributed by atoms with Crippen LogP contribution in [0.1, 0.15) is 26.2 Å². The van der Waals surface area contributed by atoms with Crippen molar-refractivity contribution in [3.63, 3.8) is 0 Å². The molecule has 108 valence electrons. The molecule has 2 atom stereocenters. The van der Waals surface area contributed by atoms with Crippen LogP contribution in [0.4, 0.5) is 0 Å². The molecule has 6 heteroatoms. The Hall–Kier alpha value is -1.14. The lowest BCUT2D eigenvalue weighted by molar-refractivity contribution is -0.135. The van der Waals surface area contributed by atoms with Gasteiger partial charge in [0.15, 0.2) is 0 Å². The van der Waals surface area contributed by atoms with E-state index in [1.54, 1.807) is 0 Å². The van der Waals surface area contributed by atoms with Crippen LogP contribution >= 0.6 is 0 Å². The van der Waals surface area contributed by atoms with Gasteiger partial charge >= 0.3 is 0 Å². The van der Waals surface area contributed by atoms with Crippen LogP contribution in [0.25, 0.3) is 0 Å².